The van der Waals surface area contributed by atoms with Gasteiger partial charge in [0.2, 0.25) is 0 Å². The van der Waals surface area contributed by atoms with Crippen LogP contribution in [-0.2, 0) is 6.54 Å². The molecule has 0 bridgehead atoms. The minimum atomic E-state index is 0.143. The zero-order valence-electron chi connectivity index (χ0n) is 10.5. The van der Waals surface area contributed by atoms with Crippen molar-refractivity contribution in [2.45, 2.75) is 32.2 Å². The molecule has 1 atom stereocenters. The largest absolute Gasteiger partial charge is 0.396 e. The molecule has 0 saturated carbocycles. The molecule has 0 saturated heterocycles. The lowest BCUT2D eigenvalue weighted by Gasteiger charge is -2.19. The van der Waals surface area contributed by atoms with Gasteiger partial charge in [-0.2, -0.15) is 5.10 Å². The fourth-order valence-corrected chi connectivity index (χ4v) is 2.55. The van der Waals surface area contributed by atoms with E-state index in [-0.39, 0.29) is 12.5 Å². The molecule has 0 radical (unpaired) electrons. The molecular weight excluding hydrogens is 226 g/mol. The Morgan fingerprint density at radius 1 is 1.39 bits per heavy atom. The van der Waals surface area contributed by atoms with Crippen LogP contribution in [-0.4, -0.2) is 26.5 Å². The summed E-state index contributed by atoms with van der Waals surface area (Å²) in [4.78, 5) is 4.63. The molecule has 94 valence electrons. The second kappa shape index (κ2) is 4.53. The molecule has 3 rings (SSSR count). The van der Waals surface area contributed by atoms with Crippen molar-refractivity contribution >= 4 is 0 Å². The predicted octanol–water partition coefficient (Wildman–Crippen LogP) is 2.12. The molecule has 4 nitrogen and oxygen atoms in total. The molecule has 2 aromatic rings. The Balaban J connectivity index is 2.05. The number of nitrogens with zero attached hydrogens (tertiary/aromatic N) is 3. The monoisotopic (exact) mass is 243 g/mol. The third-order valence-electron chi connectivity index (χ3n) is 3.59. The minimum absolute atomic E-state index is 0.143. The first kappa shape index (κ1) is 11.4. The van der Waals surface area contributed by atoms with Crippen molar-refractivity contribution in [3.8, 4) is 11.4 Å². The summed E-state index contributed by atoms with van der Waals surface area (Å²) in [5.41, 5.74) is 2.26. The summed E-state index contributed by atoms with van der Waals surface area (Å²) in [6.45, 7) is 3.13. The Morgan fingerprint density at radius 3 is 3.00 bits per heavy atom. The van der Waals surface area contributed by atoms with Crippen molar-refractivity contribution in [2.24, 2.45) is 0 Å². The van der Waals surface area contributed by atoms with Gasteiger partial charge >= 0.3 is 0 Å². The number of aliphatic hydroxyl groups is 1. The van der Waals surface area contributed by atoms with E-state index in [4.69, 9.17) is 0 Å². The van der Waals surface area contributed by atoms with Gasteiger partial charge in [-0.15, -0.1) is 0 Å². The quantitative estimate of drug-likeness (QED) is 0.879. The molecule has 1 N–H and O–H groups in total. The number of hydrogen-bond acceptors (Lipinski definition) is 3. The molecule has 1 aliphatic heterocycles. The average molecular weight is 243 g/mol. The zero-order valence-corrected chi connectivity index (χ0v) is 10.5. The molecule has 0 fully saturated rings. The third-order valence-corrected chi connectivity index (χ3v) is 3.59. The maximum atomic E-state index is 9.39. The Hall–Kier alpha value is -1.68. The van der Waals surface area contributed by atoms with E-state index in [0.29, 0.717) is 0 Å². The summed E-state index contributed by atoms with van der Waals surface area (Å²) in [5, 5.41) is 14.0. The molecule has 0 aliphatic carbocycles. The highest BCUT2D eigenvalue weighted by atomic mass is 16.3. The first-order chi connectivity index (χ1) is 8.79. The number of aryl methyl sites for hydroxylation is 2. The van der Waals surface area contributed by atoms with Crippen LogP contribution in [0, 0.1) is 6.92 Å². The Labute approximate surface area is 106 Å². The number of benzene rings is 1. The number of hydrogen-bond donors (Lipinski definition) is 1. The van der Waals surface area contributed by atoms with Crippen molar-refractivity contribution in [1.82, 2.24) is 14.8 Å². The number of rotatable bonds is 2. The van der Waals surface area contributed by atoms with E-state index in [2.05, 4.69) is 23.1 Å². The lowest BCUT2D eigenvalue weighted by atomic mass is 10.0. The molecule has 18 heavy (non-hydrogen) atoms. The highest BCUT2D eigenvalue weighted by Crippen LogP contribution is 2.28. The van der Waals surface area contributed by atoms with Gasteiger partial charge in [0.1, 0.15) is 5.82 Å². The fraction of sp³-hybridized carbons (Fsp3) is 0.429. The van der Waals surface area contributed by atoms with E-state index in [1.807, 2.05) is 22.9 Å². The van der Waals surface area contributed by atoms with Gasteiger partial charge in [-0.25, -0.2) is 9.67 Å². The van der Waals surface area contributed by atoms with Crippen LogP contribution in [0.15, 0.2) is 24.3 Å². The van der Waals surface area contributed by atoms with Gasteiger partial charge in [-0.3, -0.25) is 0 Å². The van der Waals surface area contributed by atoms with Crippen molar-refractivity contribution in [1.29, 1.82) is 0 Å². The van der Waals surface area contributed by atoms with Crippen LogP contribution in [0.5, 0.6) is 0 Å². The van der Waals surface area contributed by atoms with E-state index in [1.54, 1.807) is 0 Å². The topological polar surface area (TPSA) is 50.9 Å². The smallest absolute Gasteiger partial charge is 0.181 e. The lowest BCUT2D eigenvalue weighted by Crippen LogP contribution is -2.19. The van der Waals surface area contributed by atoms with Crippen LogP contribution < -0.4 is 0 Å². The number of aromatic nitrogens is 3. The summed E-state index contributed by atoms with van der Waals surface area (Å²) in [6.07, 6.45) is 2.07. The highest BCUT2D eigenvalue weighted by molar-refractivity contribution is 5.59. The summed E-state index contributed by atoms with van der Waals surface area (Å²) < 4.78 is 1.95. The Morgan fingerprint density at radius 2 is 2.22 bits per heavy atom. The maximum Gasteiger partial charge on any atom is 0.181 e. The highest BCUT2D eigenvalue weighted by Gasteiger charge is 2.24. The molecule has 1 aromatic heterocycles. The lowest BCUT2D eigenvalue weighted by molar-refractivity contribution is 0.234. The van der Waals surface area contributed by atoms with Crippen molar-refractivity contribution in [3.63, 3.8) is 0 Å². The van der Waals surface area contributed by atoms with Crippen LogP contribution in [0.4, 0.5) is 0 Å². The van der Waals surface area contributed by atoms with Gasteiger partial charge in [0.25, 0.3) is 0 Å². The maximum absolute atomic E-state index is 9.39. The molecule has 1 aromatic carbocycles. The molecule has 0 spiro atoms. The Bertz CT molecular complexity index is 562. The van der Waals surface area contributed by atoms with Crippen LogP contribution >= 0.6 is 0 Å². The van der Waals surface area contributed by atoms with Crippen molar-refractivity contribution in [3.05, 3.63) is 35.7 Å². The summed E-state index contributed by atoms with van der Waals surface area (Å²) in [6, 6.07) is 8.14. The first-order valence-electron chi connectivity index (χ1n) is 6.41. The van der Waals surface area contributed by atoms with Crippen LogP contribution in [0.2, 0.25) is 0 Å². The Kier molecular flexibility index (Phi) is 2.88. The van der Waals surface area contributed by atoms with Gasteiger partial charge in [0.05, 0.1) is 6.61 Å². The van der Waals surface area contributed by atoms with Gasteiger partial charge in [-0.05, 0) is 25.3 Å². The van der Waals surface area contributed by atoms with Gasteiger partial charge in [0.15, 0.2) is 5.82 Å². The van der Waals surface area contributed by atoms with E-state index >= 15 is 0 Å². The standard InChI is InChI=1S/C14H17N3O/c1-10-5-2-3-7-12(10)13-15-14-11(9-18)6-4-8-17(14)16-13/h2-3,5,7,11,18H,4,6,8-9H2,1H3. The van der Waals surface area contributed by atoms with Gasteiger partial charge < -0.3 is 5.11 Å². The van der Waals surface area contributed by atoms with Crippen LogP contribution in [0.3, 0.4) is 0 Å². The SMILES string of the molecule is Cc1ccccc1-c1nc2n(n1)CCCC2CO. The first-order valence-corrected chi connectivity index (χ1v) is 6.41. The number of aliphatic hydroxyl groups excluding tert-OH is 1. The van der Waals surface area contributed by atoms with E-state index in [1.165, 1.54) is 5.56 Å². The summed E-state index contributed by atoms with van der Waals surface area (Å²) >= 11 is 0. The van der Waals surface area contributed by atoms with E-state index in [0.717, 1.165) is 36.6 Å². The molecule has 1 aliphatic rings. The second-order valence-corrected chi connectivity index (χ2v) is 4.85. The summed E-state index contributed by atoms with van der Waals surface area (Å²) in [5.74, 6) is 1.86. The second-order valence-electron chi connectivity index (χ2n) is 4.85. The van der Waals surface area contributed by atoms with E-state index in [9.17, 15) is 5.11 Å². The minimum Gasteiger partial charge on any atom is -0.396 e. The zero-order chi connectivity index (χ0) is 12.5. The van der Waals surface area contributed by atoms with Crippen molar-refractivity contribution in [2.75, 3.05) is 6.61 Å². The fourth-order valence-electron chi connectivity index (χ4n) is 2.55. The molecular formula is C14H17N3O. The average Bonchev–Trinajstić information content (AvgIpc) is 2.82. The normalized spacial score (nSPS) is 18.7. The molecule has 0 amide bonds. The van der Waals surface area contributed by atoms with Crippen LogP contribution in [0.25, 0.3) is 11.4 Å². The van der Waals surface area contributed by atoms with Crippen molar-refractivity contribution < 1.29 is 5.11 Å². The molecule has 1 unspecified atom stereocenters. The third kappa shape index (κ3) is 1.82. The van der Waals surface area contributed by atoms with Gasteiger partial charge in [-0.1, -0.05) is 24.3 Å². The van der Waals surface area contributed by atoms with Gasteiger partial charge in [0, 0.05) is 18.0 Å². The number of fused-ring (bicyclic) bond motifs is 1. The summed E-state index contributed by atoms with van der Waals surface area (Å²) in [7, 11) is 0. The van der Waals surface area contributed by atoms with Crippen LogP contribution in [0.1, 0.15) is 30.1 Å². The predicted molar refractivity (Wildman–Crippen MR) is 69.3 cm³/mol. The molecule has 4 heteroatoms. The molecule has 2 heterocycles. The van der Waals surface area contributed by atoms with E-state index < -0.39 is 0 Å².